The Labute approximate surface area is 114 Å². The van der Waals surface area contributed by atoms with E-state index < -0.39 is 4.92 Å². The third-order valence-corrected chi connectivity index (χ3v) is 4.84. The molecular formula is C9H7N3O3S3. The zero-order valence-corrected chi connectivity index (χ0v) is 11.6. The van der Waals surface area contributed by atoms with Gasteiger partial charge in [-0.1, -0.05) is 23.1 Å². The second-order valence-corrected chi connectivity index (χ2v) is 6.54. The van der Waals surface area contributed by atoms with Crippen LogP contribution in [0.4, 0.5) is 5.69 Å². The van der Waals surface area contributed by atoms with Crippen molar-refractivity contribution in [2.24, 2.45) is 0 Å². The van der Waals surface area contributed by atoms with Crippen molar-refractivity contribution >= 4 is 45.9 Å². The molecule has 6 nitrogen and oxygen atoms in total. The van der Waals surface area contributed by atoms with Gasteiger partial charge < -0.3 is 0 Å². The maximum atomic E-state index is 11.8. The summed E-state index contributed by atoms with van der Waals surface area (Å²) < 4.78 is 0.729. The van der Waals surface area contributed by atoms with Gasteiger partial charge in [-0.25, -0.2) is 0 Å². The van der Waals surface area contributed by atoms with Crippen molar-refractivity contribution in [3.8, 4) is 0 Å². The van der Waals surface area contributed by atoms with Crippen LogP contribution in [0.25, 0.3) is 0 Å². The molecule has 0 unspecified atom stereocenters. The number of rotatable bonds is 5. The number of nitrogens with zero attached hydrogens (tertiary/aromatic N) is 3. The van der Waals surface area contributed by atoms with Gasteiger partial charge in [0, 0.05) is 6.07 Å². The largest absolute Gasteiger partial charge is 0.292 e. The SMILES string of the molecule is Cc1nnc(SCC(=O)c2cc([N+](=O)[O-])cs2)s1. The van der Waals surface area contributed by atoms with Crippen LogP contribution < -0.4 is 0 Å². The highest BCUT2D eigenvalue weighted by atomic mass is 32.2. The van der Waals surface area contributed by atoms with E-state index in [0.717, 1.165) is 20.7 Å². The van der Waals surface area contributed by atoms with E-state index in [4.69, 9.17) is 0 Å². The molecule has 9 heteroatoms. The number of ketones is 1. The minimum atomic E-state index is -0.505. The number of carbonyl (C=O) groups excluding carboxylic acids is 1. The molecule has 0 saturated heterocycles. The highest BCUT2D eigenvalue weighted by molar-refractivity contribution is 8.01. The highest BCUT2D eigenvalue weighted by Gasteiger charge is 2.15. The van der Waals surface area contributed by atoms with E-state index in [-0.39, 0.29) is 17.2 Å². The summed E-state index contributed by atoms with van der Waals surface area (Å²) in [6, 6.07) is 1.30. The molecule has 94 valence electrons. The van der Waals surface area contributed by atoms with Gasteiger partial charge in [0.2, 0.25) is 0 Å². The third-order valence-electron chi connectivity index (χ3n) is 1.91. The summed E-state index contributed by atoms with van der Waals surface area (Å²) in [5, 5.41) is 20.4. The monoisotopic (exact) mass is 301 g/mol. The van der Waals surface area contributed by atoms with Crippen LogP contribution in [0.2, 0.25) is 0 Å². The van der Waals surface area contributed by atoms with Gasteiger partial charge in [0.15, 0.2) is 10.1 Å². The van der Waals surface area contributed by atoms with Crippen LogP contribution in [0.15, 0.2) is 15.8 Å². The summed E-state index contributed by atoms with van der Waals surface area (Å²) in [6.07, 6.45) is 0. The number of hydrogen-bond donors (Lipinski definition) is 0. The van der Waals surface area contributed by atoms with Gasteiger partial charge in [-0.3, -0.25) is 14.9 Å². The summed E-state index contributed by atoms with van der Waals surface area (Å²) in [6.45, 7) is 1.84. The van der Waals surface area contributed by atoms with E-state index in [1.807, 2.05) is 6.92 Å². The fourth-order valence-electron chi connectivity index (χ4n) is 1.10. The molecule has 2 heterocycles. The fraction of sp³-hybridized carbons (Fsp3) is 0.222. The first-order valence-corrected chi connectivity index (χ1v) is 7.43. The first-order chi connectivity index (χ1) is 8.56. The minimum absolute atomic E-state index is 0.0416. The topological polar surface area (TPSA) is 86.0 Å². The average molecular weight is 301 g/mol. The molecule has 0 saturated carbocycles. The predicted molar refractivity (Wildman–Crippen MR) is 70.7 cm³/mol. The Morgan fingerprint density at radius 1 is 1.56 bits per heavy atom. The van der Waals surface area contributed by atoms with E-state index in [1.165, 1.54) is 34.5 Å². The smallest absolute Gasteiger partial charge is 0.280 e. The molecule has 0 N–H and O–H groups in total. The van der Waals surface area contributed by atoms with E-state index in [2.05, 4.69) is 10.2 Å². The molecular weight excluding hydrogens is 294 g/mol. The standard InChI is InChI=1S/C9H7N3O3S3/c1-5-10-11-9(18-5)17-4-7(13)8-2-6(3-16-8)12(14)15/h2-3H,4H2,1H3. The number of thioether (sulfide) groups is 1. The number of thiophene rings is 1. The normalized spacial score (nSPS) is 10.5. The number of aromatic nitrogens is 2. The molecule has 2 aromatic heterocycles. The number of hydrogen-bond acceptors (Lipinski definition) is 8. The molecule has 0 aliphatic rings. The van der Waals surface area contributed by atoms with E-state index in [9.17, 15) is 14.9 Å². The van der Waals surface area contributed by atoms with Crippen molar-refractivity contribution in [3.05, 3.63) is 31.4 Å². The van der Waals surface area contributed by atoms with Gasteiger partial charge >= 0.3 is 0 Å². The van der Waals surface area contributed by atoms with Crippen molar-refractivity contribution in [2.75, 3.05) is 5.75 Å². The van der Waals surface area contributed by atoms with Crippen molar-refractivity contribution in [1.82, 2.24) is 10.2 Å². The van der Waals surface area contributed by atoms with Crippen LogP contribution in [0.5, 0.6) is 0 Å². The zero-order chi connectivity index (χ0) is 13.1. The summed E-state index contributed by atoms with van der Waals surface area (Å²) in [5.74, 6) is 0.0812. The molecule has 0 aliphatic heterocycles. The maximum absolute atomic E-state index is 11.8. The first kappa shape index (κ1) is 13.1. The Morgan fingerprint density at radius 3 is 2.89 bits per heavy atom. The van der Waals surface area contributed by atoms with E-state index in [1.54, 1.807) is 0 Å². The quantitative estimate of drug-likeness (QED) is 0.365. The summed E-state index contributed by atoms with van der Waals surface area (Å²) in [7, 11) is 0. The third kappa shape index (κ3) is 3.12. The first-order valence-electron chi connectivity index (χ1n) is 4.75. The van der Waals surface area contributed by atoms with Crippen molar-refractivity contribution in [3.63, 3.8) is 0 Å². The van der Waals surface area contributed by atoms with Gasteiger partial charge in [0.1, 0.15) is 5.01 Å². The fourth-order valence-corrected chi connectivity index (χ4v) is 3.69. The lowest BCUT2D eigenvalue weighted by atomic mass is 10.3. The maximum Gasteiger partial charge on any atom is 0.280 e. The number of carbonyl (C=O) groups is 1. The van der Waals surface area contributed by atoms with Gasteiger partial charge in [-0.05, 0) is 6.92 Å². The van der Waals surface area contributed by atoms with Gasteiger partial charge in [-0.2, -0.15) is 0 Å². The Hall–Kier alpha value is -1.32. The second-order valence-electron chi connectivity index (χ2n) is 3.23. The number of aryl methyl sites for hydroxylation is 1. The minimum Gasteiger partial charge on any atom is -0.292 e. The van der Waals surface area contributed by atoms with Crippen LogP contribution in [-0.2, 0) is 0 Å². The Morgan fingerprint density at radius 2 is 2.33 bits per heavy atom. The van der Waals surface area contributed by atoms with Crippen molar-refractivity contribution in [2.45, 2.75) is 11.3 Å². The van der Waals surface area contributed by atoms with Gasteiger partial charge in [0.25, 0.3) is 5.69 Å². The van der Waals surface area contributed by atoms with Crippen molar-refractivity contribution in [1.29, 1.82) is 0 Å². The highest BCUT2D eigenvalue weighted by Crippen LogP contribution is 2.26. The van der Waals surface area contributed by atoms with E-state index >= 15 is 0 Å². The average Bonchev–Trinajstić information content (AvgIpc) is 2.94. The molecule has 0 bridgehead atoms. The Bertz CT molecular complexity index is 593. The molecule has 0 amide bonds. The lowest BCUT2D eigenvalue weighted by Gasteiger charge is -1.93. The lowest BCUT2D eigenvalue weighted by molar-refractivity contribution is -0.384. The Kier molecular flexibility index (Phi) is 4.04. The van der Waals surface area contributed by atoms with Crippen LogP contribution in [-0.4, -0.2) is 26.7 Å². The molecule has 18 heavy (non-hydrogen) atoms. The number of nitro groups is 1. The predicted octanol–water partition coefficient (Wildman–Crippen LogP) is 2.79. The molecule has 0 atom stereocenters. The summed E-state index contributed by atoms with van der Waals surface area (Å²) >= 11 is 3.80. The summed E-state index contributed by atoms with van der Waals surface area (Å²) in [5.41, 5.74) is -0.0416. The van der Waals surface area contributed by atoms with E-state index in [0.29, 0.717) is 4.88 Å². The number of Topliss-reactive ketones (excluding diaryl/α,β-unsaturated/α-hetero) is 1. The molecule has 0 radical (unpaired) electrons. The van der Waals surface area contributed by atoms with Crippen LogP contribution in [0.1, 0.15) is 14.7 Å². The second kappa shape index (κ2) is 5.55. The van der Waals surface area contributed by atoms with Gasteiger partial charge in [0.05, 0.1) is 20.9 Å². The Balaban J connectivity index is 1.97. The van der Waals surface area contributed by atoms with Crippen LogP contribution >= 0.6 is 34.4 Å². The molecule has 0 fully saturated rings. The van der Waals surface area contributed by atoms with Crippen LogP contribution in [0.3, 0.4) is 0 Å². The summed E-state index contributed by atoms with van der Waals surface area (Å²) in [4.78, 5) is 22.2. The lowest BCUT2D eigenvalue weighted by Crippen LogP contribution is -1.99. The molecule has 0 spiro atoms. The molecule has 0 aromatic carbocycles. The van der Waals surface area contributed by atoms with Crippen molar-refractivity contribution < 1.29 is 9.72 Å². The molecule has 2 aromatic rings. The molecule has 2 rings (SSSR count). The van der Waals surface area contributed by atoms with Crippen LogP contribution in [0, 0.1) is 17.0 Å². The zero-order valence-electron chi connectivity index (χ0n) is 9.15. The molecule has 0 aliphatic carbocycles. The van der Waals surface area contributed by atoms with Gasteiger partial charge in [-0.15, -0.1) is 21.5 Å².